The summed E-state index contributed by atoms with van der Waals surface area (Å²) in [6, 6.07) is 5.84. The van der Waals surface area contributed by atoms with Crippen LogP contribution in [0.1, 0.15) is 40.5 Å². The van der Waals surface area contributed by atoms with Crippen LogP contribution < -0.4 is 0 Å². The molecule has 15 heavy (non-hydrogen) atoms. The first-order valence-electron chi connectivity index (χ1n) is 5.24. The summed E-state index contributed by atoms with van der Waals surface area (Å²) >= 11 is 0. The van der Waals surface area contributed by atoms with E-state index in [2.05, 4.69) is 11.2 Å². The van der Waals surface area contributed by atoms with E-state index < -0.39 is 0 Å². The van der Waals surface area contributed by atoms with Crippen LogP contribution in [0.25, 0.3) is 5.52 Å². The highest BCUT2D eigenvalue weighted by atomic mass is 16.1. The van der Waals surface area contributed by atoms with E-state index in [4.69, 9.17) is 0 Å². The molecule has 2 aromatic rings. The van der Waals surface area contributed by atoms with Gasteiger partial charge in [-0.15, -0.1) is 0 Å². The number of carbonyl (C=O) groups excluding carboxylic acids is 1. The zero-order valence-corrected chi connectivity index (χ0v) is 8.60. The summed E-state index contributed by atoms with van der Waals surface area (Å²) in [5.74, 6) is 0.629. The van der Waals surface area contributed by atoms with Crippen LogP contribution in [0, 0.1) is 6.92 Å². The number of nitrogens with zero attached hydrogens (tertiary/aromatic N) is 2. The van der Waals surface area contributed by atoms with Crippen molar-refractivity contribution in [2.45, 2.75) is 25.7 Å². The van der Waals surface area contributed by atoms with Crippen molar-refractivity contribution in [3.63, 3.8) is 0 Å². The summed E-state index contributed by atoms with van der Waals surface area (Å²) in [5.41, 5.74) is 3.86. The number of aromatic nitrogens is 2. The van der Waals surface area contributed by atoms with Gasteiger partial charge < -0.3 is 0 Å². The number of carbonyl (C=O) groups is 1. The highest BCUT2D eigenvalue weighted by Crippen LogP contribution is 2.39. The molecule has 0 atom stereocenters. The summed E-state index contributed by atoms with van der Waals surface area (Å²) in [6.45, 7) is 2.01. The lowest BCUT2D eigenvalue weighted by Gasteiger charge is -1.99. The van der Waals surface area contributed by atoms with Gasteiger partial charge in [0.2, 0.25) is 0 Å². The molecule has 3 heteroatoms. The summed E-state index contributed by atoms with van der Waals surface area (Å²) in [6.07, 6.45) is 3.37. The van der Waals surface area contributed by atoms with Gasteiger partial charge in [-0.25, -0.2) is 4.52 Å². The Labute approximate surface area is 87.7 Å². The van der Waals surface area contributed by atoms with Crippen LogP contribution in [0.4, 0.5) is 0 Å². The second-order valence-corrected chi connectivity index (χ2v) is 4.19. The summed E-state index contributed by atoms with van der Waals surface area (Å²) in [4.78, 5) is 10.9. The molecule has 2 aromatic heterocycles. The predicted octanol–water partition coefficient (Wildman–Crippen LogP) is 2.33. The van der Waals surface area contributed by atoms with Crippen molar-refractivity contribution in [3.05, 3.63) is 35.2 Å². The van der Waals surface area contributed by atoms with Crippen molar-refractivity contribution in [1.82, 2.24) is 9.61 Å². The lowest BCUT2D eigenvalue weighted by Crippen LogP contribution is -1.96. The molecule has 3 nitrogen and oxygen atoms in total. The van der Waals surface area contributed by atoms with Gasteiger partial charge in [-0.05, 0) is 38.0 Å². The first-order chi connectivity index (χ1) is 7.29. The van der Waals surface area contributed by atoms with Crippen LogP contribution in [0.3, 0.4) is 0 Å². The number of aryl methyl sites for hydroxylation is 1. The summed E-state index contributed by atoms with van der Waals surface area (Å²) in [7, 11) is 0. The molecule has 0 unspecified atom stereocenters. The molecule has 1 aliphatic carbocycles. The molecule has 1 fully saturated rings. The minimum Gasteiger partial charge on any atom is -0.298 e. The average molecular weight is 200 g/mol. The predicted molar refractivity (Wildman–Crippen MR) is 57.3 cm³/mol. The number of hydrogen-bond donors (Lipinski definition) is 0. The van der Waals surface area contributed by atoms with E-state index >= 15 is 0 Å². The maximum absolute atomic E-state index is 10.9. The zero-order chi connectivity index (χ0) is 10.4. The van der Waals surface area contributed by atoms with Gasteiger partial charge in [0.25, 0.3) is 0 Å². The van der Waals surface area contributed by atoms with Crippen molar-refractivity contribution in [2.24, 2.45) is 0 Å². The Morgan fingerprint density at radius 3 is 2.93 bits per heavy atom. The largest absolute Gasteiger partial charge is 0.298 e. The van der Waals surface area contributed by atoms with Gasteiger partial charge in [0.05, 0.1) is 11.2 Å². The van der Waals surface area contributed by atoms with Gasteiger partial charge in [-0.2, -0.15) is 5.10 Å². The monoisotopic (exact) mass is 200 g/mol. The molecule has 0 N–H and O–H groups in total. The molecule has 0 aromatic carbocycles. The van der Waals surface area contributed by atoms with Crippen LogP contribution in [-0.2, 0) is 0 Å². The Balaban J connectivity index is 2.30. The Morgan fingerprint density at radius 2 is 2.27 bits per heavy atom. The molecule has 0 radical (unpaired) electrons. The number of aldehydes is 1. The molecule has 0 aliphatic heterocycles. The average Bonchev–Trinajstić information content (AvgIpc) is 2.99. The number of fused-ring (bicyclic) bond motifs is 1. The fraction of sp³-hybridized carbons (Fsp3) is 0.333. The van der Waals surface area contributed by atoms with Crippen LogP contribution in [-0.4, -0.2) is 15.9 Å². The molecule has 3 rings (SSSR count). The minimum atomic E-state index is 0.629. The van der Waals surface area contributed by atoms with Gasteiger partial charge in [0.15, 0.2) is 6.29 Å². The van der Waals surface area contributed by atoms with Gasteiger partial charge >= 0.3 is 0 Å². The summed E-state index contributed by atoms with van der Waals surface area (Å²) in [5, 5.41) is 4.54. The number of hydrogen-bond acceptors (Lipinski definition) is 2. The molecule has 0 bridgehead atoms. The van der Waals surface area contributed by atoms with E-state index in [9.17, 15) is 4.79 Å². The molecule has 0 saturated heterocycles. The van der Waals surface area contributed by atoms with Crippen molar-refractivity contribution in [1.29, 1.82) is 0 Å². The first kappa shape index (κ1) is 8.65. The molecule has 1 saturated carbocycles. The Morgan fingerprint density at radius 1 is 1.47 bits per heavy atom. The number of rotatable bonds is 2. The second-order valence-electron chi connectivity index (χ2n) is 4.19. The molecular formula is C12H12N2O. The fourth-order valence-corrected chi connectivity index (χ4v) is 1.92. The maximum Gasteiger partial charge on any atom is 0.152 e. The van der Waals surface area contributed by atoms with E-state index in [0.717, 1.165) is 28.8 Å². The highest BCUT2D eigenvalue weighted by molar-refractivity contribution is 5.86. The number of pyridine rings is 1. The van der Waals surface area contributed by atoms with Crippen molar-refractivity contribution in [2.75, 3.05) is 0 Å². The van der Waals surface area contributed by atoms with Crippen LogP contribution in [0.5, 0.6) is 0 Å². The van der Waals surface area contributed by atoms with Gasteiger partial charge in [-0.1, -0.05) is 0 Å². The van der Waals surface area contributed by atoms with Crippen LogP contribution in [0.15, 0.2) is 18.2 Å². The molecule has 1 aliphatic rings. The maximum atomic E-state index is 10.9. The lowest BCUT2D eigenvalue weighted by atomic mass is 10.2. The third kappa shape index (κ3) is 1.27. The molecule has 2 heterocycles. The van der Waals surface area contributed by atoms with E-state index in [0.29, 0.717) is 5.92 Å². The normalized spacial score (nSPS) is 15.8. The van der Waals surface area contributed by atoms with Crippen molar-refractivity contribution >= 4 is 11.8 Å². The zero-order valence-electron chi connectivity index (χ0n) is 8.60. The SMILES string of the molecule is Cc1ccc(C=O)c2cc(C3CC3)nn12. The smallest absolute Gasteiger partial charge is 0.152 e. The highest BCUT2D eigenvalue weighted by Gasteiger charge is 2.26. The quantitative estimate of drug-likeness (QED) is 0.697. The topological polar surface area (TPSA) is 34.4 Å². The minimum absolute atomic E-state index is 0.629. The molecule has 76 valence electrons. The molecule has 0 amide bonds. The van der Waals surface area contributed by atoms with Crippen LogP contribution >= 0.6 is 0 Å². The van der Waals surface area contributed by atoms with E-state index in [1.54, 1.807) is 0 Å². The molecule has 0 spiro atoms. The Kier molecular flexibility index (Phi) is 1.69. The van der Waals surface area contributed by atoms with Crippen LogP contribution in [0.2, 0.25) is 0 Å². The third-order valence-electron chi connectivity index (χ3n) is 2.98. The summed E-state index contributed by atoms with van der Waals surface area (Å²) < 4.78 is 1.87. The van der Waals surface area contributed by atoms with E-state index in [1.165, 1.54) is 12.8 Å². The second kappa shape index (κ2) is 2.92. The van der Waals surface area contributed by atoms with E-state index in [-0.39, 0.29) is 0 Å². The van der Waals surface area contributed by atoms with Crippen molar-refractivity contribution in [3.8, 4) is 0 Å². The first-order valence-corrected chi connectivity index (χ1v) is 5.24. The third-order valence-corrected chi connectivity index (χ3v) is 2.98. The van der Waals surface area contributed by atoms with E-state index in [1.807, 2.05) is 23.6 Å². The van der Waals surface area contributed by atoms with Crippen molar-refractivity contribution < 1.29 is 4.79 Å². The fourth-order valence-electron chi connectivity index (χ4n) is 1.92. The Hall–Kier alpha value is -1.64. The lowest BCUT2D eigenvalue weighted by molar-refractivity contribution is 0.112. The van der Waals surface area contributed by atoms with Gasteiger partial charge in [-0.3, -0.25) is 4.79 Å². The van der Waals surface area contributed by atoms with Gasteiger partial charge in [0, 0.05) is 17.2 Å². The standard InChI is InChI=1S/C12H12N2O/c1-8-2-3-10(7-15)12-6-11(9-4-5-9)13-14(8)12/h2-3,6-7,9H,4-5H2,1H3. The molecular weight excluding hydrogens is 188 g/mol. The van der Waals surface area contributed by atoms with Gasteiger partial charge in [0.1, 0.15) is 0 Å². The Bertz CT molecular complexity index is 538.